The second-order valence-corrected chi connectivity index (χ2v) is 5.97. The lowest BCUT2D eigenvalue weighted by atomic mass is 10.1. The Labute approximate surface area is 140 Å². The third-order valence-electron chi connectivity index (χ3n) is 4.01. The van der Waals surface area contributed by atoms with E-state index >= 15 is 0 Å². The van der Waals surface area contributed by atoms with E-state index in [0.717, 1.165) is 5.56 Å². The van der Waals surface area contributed by atoms with Gasteiger partial charge in [0.2, 0.25) is 0 Å². The van der Waals surface area contributed by atoms with Crippen molar-refractivity contribution in [1.82, 2.24) is 19.8 Å². The Balaban J connectivity index is 1.55. The highest BCUT2D eigenvalue weighted by molar-refractivity contribution is 5.74. The number of hydrogen-bond donors (Lipinski definition) is 1. The van der Waals surface area contributed by atoms with E-state index in [1.54, 1.807) is 29.6 Å². The van der Waals surface area contributed by atoms with Crippen LogP contribution < -0.4 is 5.32 Å². The summed E-state index contributed by atoms with van der Waals surface area (Å²) in [6, 6.07) is 6.08. The van der Waals surface area contributed by atoms with Crippen LogP contribution in [0.5, 0.6) is 0 Å². The van der Waals surface area contributed by atoms with E-state index in [1.807, 2.05) is 17.7 Å². The highest BCUT2D eigenvalue weighted by atomic mass is 19.1. The summed E-state index contributed by atoms with van der Waals surface area (Å²) in [5.74, 6) is -0.280. The minimum atomic E-state index is -0.280. The maximum absolute atomic E-state index is 13.0. The van der Waals surface area contributed by atoms with Crippen molar-refractivity contribution in [2.45, 2.75) is 25.6 Å². The number of rotatable bonds is 4. The highest BCUT2D eigenvalue weighted by Gasteiger charge is 2.26. The first-order valence-electron chi connectivity index (χ1n) is 8.00. The van der Waals surface area contributed by atoms with Crippen molar-refractivity contribution in [3.63, 3.8) is 0 Å². The van der Waals surface area contributed by atoms with Gasteiger partial charge in [-0.3, -0.25) is 0 Å². The number of imidazole rings is 1. The number of amides is 2. The van der Waals surface area contributed by atoms with Crippen LogP contribution in [0, 0.1) is 5.82 Å². The molecule has 0 spiro atoms. The summed E-state index contributed by atoms with van der Waals surface area (Å²) in [5.41, 5.74) is 0.875. The molecule has 128 valence electrons. The fourth-order valence-corrected chi connectivity index (χ4v) is 2.77. The van der Waals surface area contributed by atoms with Gasteiger partial charge in [-0.25, -0.2) is 14.2 Å². The van der Waals surface area contributed by atoms with Crippen molar-refractivity contribution < 1.29 is 13.9 Å². The molecule has 2 amide bonds. The summed E-state index contributed by atoms with van der Waals surface area (Å²) in [6.45, 7) is 4.08. The maximum atomic E-state index is 13.0. The van der Waals surface area contributed by atoms with Crippen molar-refractivity contribution in [1.29, 1.82) is 0 Å². The number of hydrogen-bond acceptors (Lipinski definition) is 3. The highest BCUT2D eigenvalue weighted by Crippen LogP contribution is 2.22. The number of ether oxygens (including phenoxy) is 1. The molecule has 2 atom stereocenters. The molecular formula is C17H21FN4O2. The van der Waals surface area contributed by atoms with Crippen molar-refractivity contribution in [3.05, 3.63) is 54.4 Å². The lowest BCUT2D eigenvalue weighted by molar-refractivity contribution is -0.0158. The van der Waals surface area contributed by atoms with Crippen molar-refractivity contribution in [2.75, 3.05) is 19.7 Å². The van der Waals surface area contributed by atoms with E-state index in [-0.39, 0.29) is 24.0 Å². The number of aromatic nitrogens is 2. The molecule has 0 radical (unpaired) electrons. The fraction of sp³-hybridized carbons (Fsp3) is 0.412. The number of urea groups is 1. The zero-order valence-corrected chi connectivity index (χ0v) is 13.6. The molecule has 0 aliphatic carbocycles. The molecule has 0 bridgehead atoms. The second-order valence-electron chi connectivity index (χ2n) is 5.97. The normalized spacial score (nSPS) is 19.1. The second kappa shape index (κ2) is 7.44. The Morgan fingerprint density at radius 1 is 1.46 bits per heavy atom. The summed E-state index contributed by atoms with van der Waals surface area (Å²) in [5, 5.41) is 2.99. The topological polar surface area (TPSA) is 59.4 Å². The zero-order valence-electron chi connectivity index (χ0n) is 13.6. The van der Waals surface area contributed by atoms with Crippen LogP contribution in [0.3, 0.4) is 0 Å². The van der Waals surface area contributed by atoms with Gasteiger partial charge in [0, 0.05) is 31.5 Å². The molecule has 6 nitrogen and oxygen atoms in total. The van der Waals surface area contributed by atoms with Gasteiger partial charge < -0.3 is 19.5 Å². The first-order chi connectivity index (χ1) is 11.6. The molecule has 1 aromatic carbocycles. The number of carbonyl (C=O) groups is 1. The number of nitrogens with zero attached hydrogens (tertiary/aromatic N) is 3. The molecule has 0 saturated carbocycles. The largest absolute Gasteiger partial charge is 0.370 e. The van der Waals surface area contributed by atoms with Crippen LogP contribution in [0.25, 0.3) is 0 Å². The van der Waals surface area contributed by atoms with Gasteiger partial charge >= 0.3 is 6.03 Å². The minimum Gasteiger partial charge on any atom is -0.370 e. The SMILES string of the molecule is C[C@H](Cn1ccnc1)NC(=O)N1CCO[C@H](c2ccc(F)cc2)C1. The zero-order chi connectivity index (χ0) is 16.9. The van der Waals surface area contributed by atoms with Gasteiger partial charge in [-0.05, 0) is 24.6 Å². The quantitative estimate of drug-likeness (QED) is 0.934. The van der Waals surface area contributed by atoms with Gasteiger partial charge in [0.1, 0.15) is 11.9 Å². The van der Waals surface area contributed by atoms with Gasteiger partial charge in [0.15, 0.2) is 0 Å². The number of benzene rings is 1. The summed E-state index contributed by atoms with van der Waals surface area (Å²) in [4.78, 5) is 18.2. The van der Waals surface area contributed by atoms with Gasteiger partial charge in [0.05, 0.1) is 19.5 Å². The molecular weight excluding hydrogens is 311 g/mol. The molecule has 2 heterocycles. The van der Waals surface area contributed by atoms with Crippen LogP contribution in [0.1, 0.15) is 18.6 Å². The molecule has 1 saturated heterocycles. The predicted octanol–water partition coefficient (Wildman–Crippen LogP) is 2.19. The summed E-state index contributed by atoms with van der Waals surface area (Å²) < 4.78 is 20.7. The molecule has 1 fully saturated rings. The van der Waals surface area contributed by atoms with Crippen LogP contribution in [-0.4, -0.2) is 46.2 Å². The monoisotopic (exact) mass is 332 g/mol. The average molecular weight is 332 g/mol. The molecule has 3 rings (SSSR count). The molecule has 1 aromatic heterocycles. The lowest BCUT2D eigenvalue weighted by Gasteiger charge is -2.34. The molecule has 0 unspecified atom stereocenters. The van der Waals surface area contributed by atoms with Gasteiger partial charge in [-0.15, -0.1) is 0 Å². The summed E-state index contributed by atoms with van der Waals surface area (Å²) >= 11 is 0. The summed E-state index contributed by atoms with van der Waals surface area (Å²) in [6.07, 6.45) is 5.07. The smallest absolute Gasteiger partial charge is 0.317 e. The Hall–Kier alpha value is -2.41. The van der Waals surface area contributed by atoms with E-state index in [1.165, 1.54) is 12.1 Å². The van der Waals surface area contributed by atoms with Crippen LogP contribution >= 0.6 is 0 Å². The van der Waals surface area contributed by atoms with E-state index in [9.17, 15) is 9.18 Å². The van der Waals surface area contributed by atoms with Crippen LogP contribution in [0.15, 0.2) is 43.0 Å². The molecule has 2 aromatic rings. The number of nitrogens with one attached hydrogen (secondary N) is 1. The molecule has 1 aliphatic heterocycles. The van der Waals surface area contributed by atoms with E-state index in [4.69, 9.17) is 4.74 Å². The van der Waals surface area contributed by atoms with E-state index in [0.29, 0.717) is 26.2 Å². The Bertz CT molecular complexity index is 660. The van der Waals surface area contributed by atoms with E-state index < -0.39 is 0 Å². The molecule has 7 heteroatoms. The third kappa shape index (κ3) is 4.11. The lowest BCUT2D eigenvalue weighted by Crippen LogP contribution is -2.50. The molecule has 1 N–H and O–H groups in total. The average Bonchev–Trinajstić information content (AvgIpc) is 3.08. The van der Waals surface area contributed by atoms with Crippen molar-refractivity contribution >= 4 is 6.03 Å². The Kier molecular flexibility index (Phi) is 5.10. The number of carbonyl (C=O) groups excluding carboxylic acids is 1. The van der Waals surface area contributed by atoms with E-state index in [2.05, 4.69) is 10.3 Å². The van der Waals surface area contributed by atoms with Crippen LogP contribution in [-0.2, 0) is 11.3 Å². The number of morpholine rings is 1. The summed E-state index contributed by atoms with van der Waals surface area (Å²) in [7, 11) is 0. The predicted molar refractivity (Wildman–Crippen MR) is 86.9 cm³/mol. The standard InChI is InChI=1S/C17H21FN4O2/c1-13(10-21-7-6-19-12-21)20-17(23)22-8-9-24-16(11-22)14-2-4-15(18)5-3-14/h2-7,12-13,16H,8-11H2,1H3,(H,20,23)/t13-,16+/m1/s1. The van der Waals surface area contributed by atoms with Gasteiger partial charge in [0.25, 0.3) is 0 Å². The molecule has 24 heavy (non-hydrogen) atoms. The van der Waals surface area contributed by atoms with Crippen LogP contribution in [0.4, 0.5) is 9.18 Å². The van der Waals surface area contributed by atoms with Crippen LogP contribution in [0.2, 0.25) is 0 Å². The first-order valence-corrected chi connectivity index (χ1v) is 8.00. The van der Waals surface area contributed by atoms with Gasteiger partial charge in [-0.1, -0.05) is 12.1 Å². The minimum absolute atomic E-state index is 0.0150. The molecule has 1 aliphatic rings. The number of halogens is 1. The Morgan fingerprint density at radius 2 is 2.25 bits per heavy atom. The van der Waals surface area contributed by atoms with Crippen molar-refractivity contribution in [3.8, 4) is 0 Å². The Morgan fingerprint density at radius 3 is 2.96 bits per heavy atom. The maximum Gasteiger partial charge on any atom is 0.317 e. The van der Waals surface area contributed by atoms with Gasteiger partial charge in [-0.2, -0.15) is 0 Å². The third-order valence-corrected chi connectivity index (χ3v) is 4.01. The first kappa shape index (κ1) is 16.4. The van der Waals surface area contributed by atoms with Crippen molar-refractivity contribution in [2.24, 2.45) is 0 Å². The fourth-order valence-electron chi connectivity index (χ4n) is 2.77.